The molecule has 0 radical (unpaired) electrons. The number of anilines is 1. The molecule has 2 aliphatic rings. The van der Waals surface area contributed by atoms with Gasteiger partial charge in [0.2, 0.25) is 0 Å². The highest BCUT2D eigenvalue weighted by atomic mass is 15.2. The fourth-order valence-corrected chi connectivity index (χ4v) is 2.86. The summed E-state index contributed by atoms with van der Waals surface area (Å²) in [5.74, 6) is 0.714. The van der Waals surface area contributed by atoms with Crippen LogP contribution in [0.2, 0.25) is 0 Å². The second-order valence-corrected chi connectivity index (χ2v) is 5.82. The summed E-state index contributed by atoms with van der Waals surface area (Å²) in [5.41, 5.74) is 3.98. The summed E-state index contributed by atoms with van der Waals surface area (Å²) in [4.78, 5) is 2.24. The molecule has 0 amide bonds. The molecule has 2 aliphatic carbocycles. The third-order valence-corrected chi connectivity index (χ3v) is 4.47. The average molecular weight is 264 g/mol. The van der Waals surface area contributed by atoms with Gasteiger partial charge in [0.05, 0.1) is 11.6 Å². The molecular formula is C18H20N2. The number of allylic oxidation sites excluding steroid dienone is 1. The molecule has 20 heavy (non-hydrogen) atoms. The van der Waals surface area contributed by atoms with Gasteiger partial charge in [-0.3, -0.25) is 0 Å². The van der Waals surface area contributed by atoms with E-state index < -0.39 is 0 Å². The normalized spacial score (nSPS) is 17.9. The molecule has 2 fully saturated rings. The van der Waals surface area contributed by atoms with Crippen molar-refractivity contribution < 1.29 is 0 Å². The van der Waals surface area contributed by atoms with Gasteiger partial charge in [0.15, 0.2) is 0 Å². The Hall–Kier alpha value is -2.01. The molecule has 0 aromatic heterocycles. The fraction of sp³-hybridized carbons (Fsp3) is 0.389. The van der Waals surface area contributed by atoms with Gasteiger partial charge in [-0.15, -0.1) is 0 Å². The third kappa shape index (κ3) is 2.25. The van der Waals surface area contributed by atoms with Crippen molar-refractivity contribution in [3.8, 4) is 6.07 Å². The Kier molecular flexibility index (Phi) is 3.36. The summed E-state index contributed by atoms with van der Waals surface area (Å²) < 4.78 is 0. The monoisotopic (exact) mass is 264 g/mol. The quantitative estimate of drug-likeness (QED) is 0.726. The molecule has 0 heterocycles. The molecule has 0 unspecified atom stereocenters. The first kappa shape index (κ1) is 13.0. The van der Waals surface area contributed by atoms with Gasteiger partial charge >= 0.3 is 0 Å². The van der Waals surface area contributed by atoms with Crippen LogP contribution in [0.5, 0.6) is 0 Å². The number of rotatable bonds is 5. The van der Waals surface area contributed by atoms with Crippen LogP contribution in [-0.2, 0) is 0 Å². The summed E-state index contributed by atoms with van der Waals surface area (Å²) in [5, 5.41) is 9.17. The van der Waals surface area contributed by atoms with Gasteiger partial charge in [0.25, 0.3) is 0 Å². The van der Waals surface area contributed by atoms with Crippen molar-refractivity contribution in [3.63, 3.8) is 0 Å². The van der Waals surface area contributed by atoms with Crippen molar-refractivity contribution >= 4 is 11.3 Å². The van der Waals surface area contributed by atoms with E-state index in [1.807, 2.05) is 6.20 Å². The zero-order chi connectivity index (χ0) is 14.1. The van der Waals surface area contributed by atoms with Crippen molar-refractivity contribution in [3.05, 3.63) is 48.7 Å². The topological polar surface area (TPSA) is 27.0 Å². The Bertz CT molecular complexity index is 586. The van der Waals surface area contributed by atoms with Crippen molar-refractivity contribution in [1.29, 1.82) is 5.26 Å². The lowest BCUT2D eigenvalue weighted by atomic mass is 9.90. The van der Waals surface area contributed by atoms with Gasteiger partial charge in [-0.2, -0.15) is 5.26 Å². The number of nitrogens with zero attached hydrogens (tertiary/aromatic N) is 2. The number of hydrogen-bond donors (Lipinski definition) is 0. The van der Waals surface area contributed by atoms with Crippen LogP contribution in [0.1, 0.15) is 49.1 Å². The van der Waals surface area contributed by atoms with Crippen LogP contribution in [-0.4, -0.2) is 6.04 Å². The summed E-state index contributed by atoms with van der Waals surface area (Å²) in [6.45, 7) is 7.86. The van der Waals surface area contributed by atoms with E-state index in [2.05, 4.69) is 42.3 Å². The lowest BCUT2D eigenvalue weighted by molar-refractivity contribution is 0.409. The summed E-state index contributed by atoms with van der Waals surface area (Å²) in [7, 11) is 0. The SMILES string of the molecule is C=CN(c1cc(C2CC2)ccc1C(=C)C#N)C1CCC1. The largest absolute Gasteiger partial charge is 0.345 e. The maximum atomic E-state index is 9.17. The standard InChI is InChI=1S/C18H20N2/c1-3-20(16-5-4-6-16)18-11-15(14-7-8-14)9-10-17(18)13(2)12-19/h3,9-11,14,16H,1-2,4-8H2. The molecule has 0 spiro atoms. The fourth-order valence-electron chi connectivity index (χ4n) is 2.86. The molecule has 1 aromatic rings. The van der Waals surface area contributed by atoms with Gasteiger partial charge < -0.3 is 4.90 Å². The highest BCUT2D eigenvalue weighted by molar-refractivity contribution is 5.84. The maximum Gasteiger partial charge on any atom is 0.0992 e. The van der Waals surface area contributed by atoms with Crippen molar-refractivity contribution in [2.45, 2.75) is 44.1 Å². The summed E-state index contributed by atoms with van der Waals surface area (Å²) in [6.07, 6.45) is 8.18. The Morgan fingerprint density at radius 2 is 2.05 bits per heavy atom. The minimum Gasteiger partial charge on any atom is -0.345 e. The molecule has 1 aromatic carbocycles. The molecule has 0 N–H and O–H groups in total. The van der Waals surface area contributed by atoms with Crippen molar-refractivity contribution in [2.24, 2.45) is 0 Å². The zero-order valence-electron chi connectivity index (χ0n) is 11.8. The Balaban J connectivity index is 2.03. The van der Waals surface area contributed by atoms with E-state index in [-0.39, 0.29) is 0 Å². The van der Waals surface area contributed by atoms with Crippen molar-refractivity contribution in [1.82, 2.24) is 0 Å². The zero-order valence-corrected chi connectivity index (χ0v) is 11.8. The molecular weight excluding hydrogens is 244 g/mol. The average Bonchev–Trinajstić information content (AvgIpc) is 3.25. The van der Waals surface area contributed by atoms with Crippen LogP contribution >= 0.6 is 0 Å². The Morgan fingerprint density at radius 3 is 2.55 bits per heavy atom. The van der Waals surface area contributed by atoms with Crippen LogP contribution in [0.25, 0.3) is 5.57 Å². The van der Waals surface area contributed by atoms with E-state index in [9.17, 15) is 5.26 Å². The van der Waals surface area contributed by atoms with Crippen LogP contribution < -0.4 is 4.90 Å². The lowest BCUT2D eigenvalue weighted by Crippen LogP contribution is -2.36. The minimum atomic E-state index is 0.534. The Labute approximate surface area is 121 Å². The van der Waals surface area contributed by atoms with E-state index in [0.717, 1.165) is 11.3 Å². The van der Waals surface area contributed by atoms with Gasteiger partial charge in [0.1, 0.15) is 0 Å². The molecule has 0 aliphatic heterocycles. The van der Waals surface area contributed by atoms with Gasteiger partial charge in [0, 0.05) is 17.3 Å². The van der Waals surface area contributed by atoms with Crippen LogP contribution in [0.4, 0.5) is 5.69 Å². The molecule has 2 saturated carbocycles. The first-order valence-corrected chi connectivity index (χ1v) is 7.39. The number of nitriles is 1. The highest BCUT2D eigenvalue weighted by Gasteiger charge is 2.28. The Morgan fingerprint density at radius 1 is 1.30 bits per heavy atom. The van der Waals surface area contributed by atoms with Gasteiger partial charge in [-0.05, 0) is 55.9 Å². The van der Waals surface area contributed by atoms with Crippen LogP contribution in [0.3, 0.4) is 0 Å². The smallest absolute Gasteiger partial charge is 0.0992 e. The second kappa shape index (κ2) is 5.17. The van der Waals surface area contributed by atoms with Crippen LogP contribution in [0.15, 0.2) is 37.6 Å². The molecule has 2 heteroatoms. The second-order valence-electron chi connectivity index (χ2n) is 5.82. The molecule has 102 valence electrons. The van der Waals surface area contributed by atoms with Gasteiger partial charge in [-0.1, -0.05) is 25.3 Å². The summed E-state index contributed by atoms with van der Waals surface area (Å²) >= 11 is 0. The molecule has 0 atom stereocenters. The predicted molar refractivity (Wildman–Crippen MR) is 83.4 cm³/mol. The first-order valence-electron chi connectivity index (χ1n) is 7.39. The third-order valence-electron chi connectivity index (χ3n) is 4.47. The maximum absolute atomic E-state index is 9.17. The van der Waals surface area contributed by atoms with E-state index >= 15 is 0 Å². The van der Waals surface area contributed by atoms with E-state index in [1.165, 1.54) is 37.7 Å². The number of benzene rings is 1. The minimum absolute atomic E-state index is 0.534. The molecule has 0 bridgehead atoms. The highest BCUT2D eigenvalue weighted by Crippen LogP contribution is 2.43. The molecule has 2 nitrogen and oxygen atoms in total. The van der Waals surface area contributed by atoms with E-state index in [4.69, 9.17) is 0 Å². The number of hydrogen-bond acceptors (Lipinski definition) is 2. The molecule has 3 rings (SSSR count). The molecule has 0 saturated heterocycles. The van der Waals surface area contributed by atoms with Crippen molar-refractivity contribution in [2.75, 3.05) is 4.90 Å². The first-order chi connectivity index (χ1) is 9.74. The predicted octanol–water partition coefficient (Wildman–Crippen LogP) is 4.60. The summed E-state index contributed by atoms with van der Waals surface area (Å²) in [6, 6.07) is 9.18. The van der Waals surface area contributed by atoms with E-state index in [1.54, 1.807) is 0 Å². The van der Waals surface area contributed by atoms with Gasteiger partial charge in [-0.25, -0.2) is 0 Å². The van der Waals surface area contributed by atoms with Crippen LogP contribution in [0, 0.1) is 11.3 Å². The lowest BCUT2D eigenvalue weighted by Gasteiger charge is -2.38. The van der Waals surface area contributed by atoms with E-state index in [0.29, 0.717) is 17.5 Å².